The third-order valence-corrected chi connectivity index (χ3v) is 3.87. The lowest BCUT2D eigenvalue weighted by Gasteiger charge is -2.09. The zero-order valence-corrected chi connectivity index (χ0v) is 14.9. The summed E-state index contributed by atoms with van der Waals surface area (Å²) in [5, 5.41) is 6.94. The van der Waals surface area contributed by atoms with Gasteiger partial charge in [-0.25, -0.2) is 4.98 Å². The average molecular weight is 346 g/mol. The number of carbonyl (C=O) groups is 1. The van der Waals surface area contributed by atoms with Crippen molar-refractivity contribution >= 4 is 23.2 Å². The van der Waals surface area contributed by atoms with Crippen LogP contribution in [0.4, 0.5) is 5.69 Å². The molecule has 2 aromatic rings. The van der Waals surface area contributed by atoms with E-state index in [-0.39, 0.29) is 5.91 Å². The quantitative estimate of drug-likeness (QED) is 0.755. The molecular formula is C19H24ClN3O. The first-order valence-electron chi connectivity index (χ1n) is 8.27. The lowest BCUT2D eigenvalue weighted by Crippen LogP contribution is -2.26. The van der Waals surface area contributed by atoms with Crippen molar-refractivity contribution in [3.63, 3.8) is 0 Å². The molecule has 5 heteroatoms. The lowest BCUT2D eigenvalue weighted by atomic mass is 10.1. The fourth-order valence-electron chi connectivity index (χ4n) is 2.24. The van der Waals surface area contributed by atoms with E-state index in [1.54, 1.807) is 12.3 Å². The standard InChI is InChI=1S/C19H24ClN3O/c1-14(2)8-10-22-19(24)18-7-6-17(13-23-18)21-11-9-15-4-3-5-16(20)12-15/h3-7,12-14,21H,8-11H2,1-2H3,(H,22,24). The number of anilines is 1. The minimum absolute atomic E-state index is 0.124. The third-order valence-electron chi connectivity index (χ3n) is 3.64. The van der Waals surface area contributed by atoms with E-state index in [2.05, 4.69) is 35.5 Å². The van der Waals surface area contributed by atoms with Crippen molar-refractivity contribution in [1.29, 1.82) is 0 Å². The van der Waals surface area contributed by atoms with E-state index in [0.29, 0.717) is 18.2 Å². The van der Waals surface area contributed by atoms with Gasteiger partial charge in [0.15, 0.2) is 0 Å². The van der Waals surface area contributed by atoms with Crippen molar-refractivity contribution in [3.8, 4) is 0 Å². The van der Waals surface area contributed by atoms with Gasteiger partial charge in [0.1, 0.15) is 5.69 Å². The first-order chi connectivity index (χ1) is 11.5. The van der Waals surface area contributed by atoms with E-state index in [1.807, 2.05) is 24.3 Å². The Hall–Kier alpha value is -2.07. The summed E-state index contributed by atoms with van der Waals surface area (Å²) in [4.78, 5) is 16.2. The number of aromatic nitrogens is 1. The van der Waals surface area contributed by atoms with Crippen molar-refractivity contribution < 1.29 is 4.79 Å². The van der Waals surface area contributed by atoms with Crippen LogP contribution in [0.1, 0.15) is 36.3 Å². The molecule has 1 amide bonds. The van der Waals surface area contributed by atoms with Gasteiger partial charge in [0.25, 0.3) is 5.91 Å². The van der Waals surface area contributed by atoms with Gasteiger partial charge in [0.2, 0.25) is 0 Å². The van der Waals surface area contributed by atoms with Crippen LogP contribution in [0, 0.1) is 5.92 Å². The molecule has 0 bridgehead atoms. The average Bonchev–Trinajstić information content (AvgIpc) is 2.55. The fourth-order valence-corrected chi connectivity index (χ4v) is 2.45. The minimum Gasteiger partial charge on any atom is -0.383 e. The Balaban J connectivity index is 1.78. The summed E-state index contributed by atoms with van der Waals surface area (Å²) in [6.45, 7) is 5.72. The molecule has 0 saturated heterocycles. The molecule has 0 fully saturated rings. The summed E-state index contributed by atoms with van der Waals surface area (Å²) in [5.74, 6) is 0.449. The van der Waals surface area contributed by atoms with Gasteiger partial charge in [-0.05, 0) is 48.6 Å². The van der Waals surface area contributed by atoms with E-state index in [9.17, 15) is 4.79 Å². The van der Waals surface area contributed by atoms with E-state index in [0.717, 1.165) is 30.1 Å². The highest BCUT2D eigenvalue weighted by Crippen LogP contribution is 2.12. The molecule has 2 N–H and O–H groups in total. The molecule has 1 aromatic heterocycles. The predicted octanol–water partition coefficient (Wildman–Crippen LogP) is 4.17. The number of hydrogen-bond acceptors (Lipinski definition) is 3. The van der Waals surface area contributed by atoms with E-state index < -0.39 is 0 Å². The molecule has 1 aromatic carbocycles. The van der Waals surface area contributed by atoms with Crippen LogP contribution >= 0.6 is 11.6 Å². The second kappa shape index (κ2) is 9.28. The number of nitrogens with zero attached hydrogens (tertiary/aromatic N) is 1. The maximum absolute atomic E-state index is 12.0. The van der Waals surface area contributed by atoms with Crippen molar-refractivity contribution in [2.24, 2.45) is 5.92 Å². The molecule has 1 heterocycles. The highest BCUT2D eigenvalue weighted by molar-refractivity contribution is 6.30. The Labute approximate surface area is 148 Å². The van der Waals surface area contributed by atoms with Crippen LogP contribution in [0.2, 0.25) is 5.02 Å². The number of carbonyl (C=O) groups excluding carboxylic acids is 1. The van der Waals surface area contributed by atoms with Crippen LogP contribution in [0.5, 0.6) is 0 Å². The Kier molecular flexibility index (Phi) is 7.07. The minimum atomic E-state index is -0.124. The summed E-state index contributed by atoms with van der Waals surface area (Å²) in [6, 6.07) is 11.5. The van der Waals surface area contributed by atoms with E-state index >= 15 is 0 Å². The molecule has 0 aliphatic heterocycles. The molecule has 0 aliphatic carbocycles. The molecule has 0 unspecified atom stereocenters. The largest absolute Gasteiger partial charge is 0.383 e. The zero-order valence-electron chi connectivity index (χ0n) is 14.2. The number of halogens is 1. The van der Waals surface area contributed by atoms with Crippen LogP contribution in [-0.4, -0.2) is 24.0 Å². The van der Waals surface area contributed by atoms with Gasteiger partial charge in [-0.3, -0.25) is 4.79 Å². The molecular weight excluding hydrogens is 322 g/mol. The monoisotopic (exact) mass is 345 g/mol. The van der Waals surface area contributed by atoms with Crippen LogP contribution in [-0.2, 0) is 6.42 Å². The molecule has 0 atom stereocenters. The fraction of sp³-hybridized carbons (Fsp3) is 0.368. The van der Waals surface area contributed by atoms with Gasteiger partial charge in [0, 0.05) is 18.1 Å². The van der Waals surface area contributed by atoms with Crippen LogP contribution in [0.25, 0.3) is 0 Å². The topological polar surface area (TPSA) is 54.0 Å². The summed E-state index contributed by atoms with van der Waals surface area (Å²) < 4.78 is 0. The highest BCUT2D eigenvalue weighted by Gasteiger charge is 2.06. The van der Waals surface area contributed by atoms with Gasteiger partial charge >= 0.3 is 0 Å². The molecule has 0 saturated carbocycles. The number of pyridine rings is 1. The number of benzene rings is 1. The molecule has 128 valence electrons. The Morgan fingerprint density at radius 1 is 1.21 bits per heavy atom. The van der Waals surface area contributed by atoms with Crippen molar-refractivity contribution in [2.45, 2.75) is 26.7 Å². The van der Waals surface area contributed by atoms with Gasteiger partial charge in [0.05, 0.1) is 11.9 Å². The van der Waals surface area contributed by atoms with E-state index in [1.165, 1.54) is 5.56 Å². The predicted molar refractivity (Wildman–Crippen MR) is 99.7 cm³/mol. The summed E-state index contributed by atoms with van der Waals surface area (Å²) >= 11 is 5.97. The summed E-state index contributed by atoms with van der Waals surface area (Å²) in [7, 11) is 0. The summed E-state index contributed by atoms with van der Waals surface area (Å²) in [5.41, 5.74) is 2.53. The number of hydrogen-bond donors (Lipinski definition) is 2. The number of nitrogens with one attached hydrogen (secondary N) is 2. The highest BCUT2D eigenvalue weighted by atomic mass is 35.5. The molecule has 0 aliphatic rings. The molecule has 2 rings (SSSR count). The van der Waals surface area contributed by atoms with Crippen molar-refractivity contribution in [3.05, 3.63) is 58.9 Å². The molecule has 24 heavy (non-hydrogen) atoms. The Bertz CT molecular complexity index is 656. The molecule has 4 nitrogen and oxygen atoms in total. The van der Waals surface area contributed by atoms with Crippen molar-refractivity contribution in [1.82, 2.24) is 10.3 Å². The van der Waals surface area contributed by atoms with Gasteiger partial charge < -0.3 is 10.6 Å². The second-order valence-corrected chi connectivity index (χ2v) is 6.61. The smallest absolute Gasteiger partial charge is 0.269 e. The van der Waals surface area contributed by atoms with Gasteiger partial charge in [-0.15, -0.1) is 0 Å². The van der Waals surface area contributed by atoms with Crippen LogP contribution in [0.3, 0.4) is 0 Å². The first kappa shape index (κ1) is 18.3. The van der Waals surface area contributed by atoms with Crippen LogP contribution in [0.15, 0.2) is 42.6 Å². The van der Waals surface area contributed by atoms with Crippen molar-refractivity contribution in [2.75, 3.05) is 18.4 Å². The summed E-state index contributed by atoms with van der Waals surface area (Å²) in [6.07, 6.45) is 3.53. The number of amides is 1. The number of rotatable bonds is 8. The second-order valence-electron chi connectivity index (χ2n) is 6.18. The lowest BCUT2D eigenvalue weighted by molar-refractivity contribution is 0.0947. The maximum Gasteiger partial charge on any atom is 0.269 e. The molecule has 0 spiro atoms. The van der Waals surface area contributed by atoms with Gasteiger partial charge in [-0.2, -0.15) is 0 Å². The SMILES string of the molecule is CC(C)CCNC(=O)c1ccc(NCCc2cccc(Cl)c2)cn1. The Morgan fingerprint density at radius 3 is 2.71 bits per heavy atom. The van der Waals surface area contributed by atoms with E-state index in [4.69, 9.17) is 11.6 Å². The Morgan fingerprint density at radius 2 is 2.04 bits per heavy atom. The van der Waals surface area contributed by atoms with Crippen LogP contribution < -0.4 is 10.6 Å². The van der Waals surface area contributed by atoms with Gasteiger partial charge in [-0.1, -0.05) is 37.6 Å². The molecule has 0 radical (unpaired) electrons. The first-order valence-corrected chi connectivity index (χ1v) is 8.65. The normalized spacial score (nSPS) is 10.7. The zero-order chi connectivity index (χ0) is 17.4. The maximum atomic E-state index is 12.0. The third kappa shape index (κ3) is 6.20.